The predicted octanol–water partition coefficient (Wildman–Crippen LogP) is 1.96. The van der Waals surface area contributed by atoms with Crippen LogP contribution in [-0.4, -0.2) is 36.6 Å². The van der Waals surface area contributed by atoms with E-state index >= 15 is 0 Å². The second-order valence-electron chi connectivity index (χ2n) is 6.30. The van der Waals surface area contributed by atoms with Gasteiger partial charge in [0.2, 0.25) is 11.8 Å². The van der Waals surface area contributed by atoms with Crippen molar-refractivity contribution in [1.29, 1.82) is 0 Å². The summed E-state index contributed by atoms with van der Waals surface area (Å²) in [5.41, 5.74) is -0.334. The van der Waals surface area contributed by atoms with Crippen LogP contribution in [0.3, 0.4) is 0 Å². The van der Waals surface area contributed by atoms with Gasteiger partial charge in [-0.25, -0.2) is 9.69 Å². The molecule has 0 unspecified atom stereocenters. The van der Waals surface area contributed by atoms with Crippen molar-refractivity contribution in [3.8, 4) is 0 Å². The average molecular weight is 348 g/mol. The van der Waals surface area contributed by atoms with Crippen molar-refractivity contribution in [2.75, 3.05) is 12.0 Å². The topological polar surface area (TPSA) is 72.9 Å². The van der Waals surface area contributed by atoms with Crippen LogP contribution in [0, 0.1) is 11.8 Å². The van der Waals surface area contributed by atoms with Crippen molar-refractivity contribution in [3.63, 3.8) is 0 Å². The molecule has 4 atom stereocenters. The molecule has 0 saturated carbocycles. The molecule has 3 aliphatic rings. The summed E-state index contributed by atoms with van der Waals surface area (Å²) >= 11 is 6.00. The number of halogens is 1. The standard InChI is InChI=1S/C17H14ClNO5/c1-17-6-5-11(24-17)12-13(17)15(21)19(14(12)20)8-3-4-10(18)9(7-8)16(22)23-2/h3-7,11-13H,1-2H3/t11-,12+,13-,17+/m0/s1. The van der Waals surface area contributed by atoms with Crippen molar-refractivity contribution in [1.82, 2.24) is 0 Å². The lowest BCUT2D eigenvalue weighted by molar-refractivity contribution is -0.126. The van der Waals surface area contributed by atoms with Crippen molar-refractivity contribution < 1.29 is 23.9 Å². The Morgan fingerprint density at radius 1 is 1.33 bits per heavy atom. The molecule has 0 radical (unpaired) electrons. The first-order chi connectivity index (χ1) is 11.4. The number of rotatable bonds is 2. The number of carbonyl (C=O) groups excluding carboxylic acids is 3. The van der Waals surface area contributed by atoms with Gasteiger partial charge < -0.3 is 9.47 Å². The largest absolute Gasteiger partial charge is 0.465 e. The molecule has 3 aliphatic heterocycles. The third-order valence-corrected chi connectivity index (χ3v) is 5.27. The first-order valence-electron chi connectivity index (χ1n) is 7.50. The Kier molecular flexibility index (Phi) is 3.14. The van der Waals surface area contributed by atoms with Crippen molar-refractivity contribution >= 4 is 35.1 Å². The van der Waals surface area contributed by atoms with Crippen LogP contribution < -0.4 is 4.90 Å². The monoisotopic (exact) mass is 347 g/mol. The van der Waals surface area contributed by atoms with Crippen molar-refractivity contribution in [3.05, 3.63) is 40.9 Å². The number of ether oxygens (including phenoxy) is 2. The number of anilines is 1. The normalized spacial score (nSPS) is 33.3. The highest BCUT2D eigenvalue weighted by Gasteiger charge is 2.66. The van der Waals surface area contributed by atoms with Gasteiger partial charge in [0.05, 0.1) is 46.9 Å². The summed E-state index contributed by atoms with van der Waals surface area (Å²) in [7, 11) is 1.24. The van der Waals surface area contributed by atoms with Gasteiger partial charge in [-0.15, -0.1) is 0 Å². The van der Waals surface area contributed by atoms with E-state index in [-0.39, 0.29) is 28.5 Å². The van der Waals surface area contributed by atoms with Gasteiger partial charge in [-0.3, -0.25) is 9.59 Å². The van der Waals surface area contributed by atoms with Crippen LogP contribution in [-0.2, 0) is 19.1 Å². The molecule has 2 saturated heterocycles. The Morgan fingerprint density at radius 2 is 2.08 bits per heavy atom. The average Bonchev–Trinajstić information content (AvgIpc) is 3.16. The molecule has 0 aliphatic carbocycles. The van der Waals surface area contributed by atoms with Crippen LogP contribution in [0.1, 0.15) is 17.3 Å². The van der Waals surface area contributed by atoms with Gasteiger partial charge in [-0.05, 0) is 25.1 Å². The molecule has 24 heavy (non-hydrogen) atoms. The maximum Gasteiger partial charge on any atom is 0.339 e. The molecule has 4 rings (SSSR count). The lowest BCUT2D eigenvalue weighted by Crippen LogP contribution is -2.38. The minimum absolute atomic E-state index is 0.109. The third kappa shape index (κ3) is 1.84. The second kappa shape index (κ2) is 4.91. The summed E-state index contributed by atoms with van der Waals surface area (Å²) in [4.78, 5) is 38.6. The summed E-state index contributed by atoms with van der Waals surface area (Å²) in [6.45, 7) is 1.81. The molecule has 0 aromatic heterocycles. The zero-order valence-corrected chi connectivity index (χ0v) is 13.7. The smallest absolute Gasteiger partial charge is 0.339 e. The summed E-state index contributed by atoms with van der Waals surface area (Å²) in [6.07, 6.45) is 3.29. The summed E-state index contributed by atoms with van der Waals surface area (Å²) in [5, 5.41) is 0.196. The van der Waals surface area contributed by atoms with Gasteiger partial charge in [-0.2, -0.15) is 0 Å². The predicted molar refractivity (Wildman–Crippen MR) is 84.7 cm³/mol. The fourth-order valence-corrected chi connectivity index (χ4v) is 4.02. The number of hydrogen-bond acceptors (Lipinski definition) is 5. The maximum absolute atomic E-state index is 12.9. The quantitative estimate of drug-likeness (QED) is 0.464. The molecule has 3 heterocycles. The van der Waals surface area contributed by atoms with E-state index in [9.17, 15) is 14.4 Å². The number of carbonyl (C=O) groups is 3. The van der Waals surface area contributed by atoms with Crippen molar-refractivity contribution in [2.24, 2.45) is 11.8 Å². The lowest BCUT2D eigenvalue weighted by Gasteiger charge is -2.24. The molecular weight excluding hydrogens is 334 g/mol. The number of hydrogen-bond donors (Lipinski definition) is 0. The first kappa shape index (κ1) is 15.4. The maximum atomic E-state index is 12.9. The third-order valence-electron chi connectivity index (χ3n) is 4.94. The molecular formula is C17H14ClNO5. The van der Waals surface area contributed by atoms with E-state index < -0.39 is 23.4 Å². The summed E-state index contributed by atoms with van der Waals surface area (Å²) < 4.78 is 10.5. The highest BCUT2D eigenvalue weighted by Crippen LogP contribution is 2.52. The molecule has 6 nitrogen and oxygen atoms in total. The SMILES string of the molecule is COC(=O)c1cc(N2C(=O)[C@@H]3[C@@H]4C=C[C@@](C)(O4)[C@@H]3C2=O)ccc1Cl. The Labute approximate surface area is 143 Å². The highest BCUT2D eigenvalue weighted by atomic mass is 35.5. The minimum Gasteiger partial charge on any atom is -0.465 e. The van der Waals surface area contributed by atoms with Crippen LogP contribution in [0.15, 0.2) is 30.4 Å². The summed E-state index contributed by atoms with van der Waals surface area (Å²) in [5.74, 6) is -2.33. The Morgan fingerprint density at radius 3 is 2.75 bits per heavy atom. The zero-order valence-electron chi connectivity index (χ0n) is 13.0. The van der Waals surface area contributed by atoms with Crippen LogP contribution in [0.25, 0.3) is 0 Å². The number of fused-ring (bicyclic) bond motifs is 5. The number of imide groups is 1. The molecule has 2 fully saturated rings. The molecule has 2 bridgehead atoms. The van der Waals surface area contributed by atoms with Gasteiger partial charge in [0.1, 0.15) is 0 Å². The minimum atomic E-state index is -0.756. The Balaban J connectivity index is 1.76. The van der Waals surface area contributed by atoms with Gasteiger partial charge in [0.25, 0.3) is 0 Å². The van der Waals surface area contributed by atoms with Gasteiger partial charge in [0.15, 0.2) is 0 Å². The Bertz CT molecular complexity index is 819. The van der Waals surface area contributed by atoms with Crippen LogP contribution in [0.4, 0.5) is 5.69 Å². The van der Waals surface area contributed by atoms with Crippen LogP contribution in [0.5, 0.6) is 0 Å². The molecule has 124 valence electrons. The number of esters is 1. The number of benzene rings is 1. The van der Waals surface area contributed by atoms with Crippen LogP contribution in [0.2, 0.25) is 5.02 Å². The summed E-state index contributed by atoms with van der Waals surface area (Å²) in [6, 6.07) is 4.43. The fraction of sp³-hybridized carbons (Fsp3) is 0.353. The van der Waals surface area contributed by atoms with E-state index in [1.807, 2.05) is 19.1 Å². The fourth-order valence-electron chi connectivity index (χ4n) is 3.83. The van der Waals surface area contributed by atoms with E-state index in [2.05, 4.69) is 4.74 Å². The lowest BCUT2D eigenvalue weighted by atomic mass is 9.78. The molecule has 0 N–H and O–H groups in total. The number of nitrogens with zero attached hydrogens (tertiary/aromatic N) is 1. The van der Waals surface area contributed by atoms with Gasteiger partial charge in [-0.1, -0.05) is 23.8 Å². The number of methoxy groups -OCH3 is 1. The molecule has 0 spiro atoms. The molecule has 1 aromatic carbocycles. The molecule has 2 amide bonds. The number of amides is 2. The second-order valence-corrected chi connectivity index (χ2v) is 6.70. The van der Waals surface area contributed by atoms with Crippen LogP contribution >= 0.6 is 11.6 Å². The van der Waals surface area contributed by atoms with Crippen molar-refractivity contribution in [2.45, 2.75) is 18.6 Å². The Hall–Kier alpha value is -2.18. The zero-order chi connectivity index (χ0) is 17.2. The van der Waals surface area contributed by atoms with E-state index in [1.54, 1.807) is 6.07 Å². The van der Waals surface area contributed by atoms with E-state index in [1.165, 1.54) is 19.2 Å². The van der Waals surface area contributed by atoms with E-state index in [0.717, 1.165) is 4.90 Å². The van der Waals surface area contributed by atoms with E-state index in [0.29, 0.717) is 5.69 Å². The van der Waals surface area contributed by atoms with Gasteiger partial charge >= 0.3 is 5.97 Å². The van der Waals surface area contributed by atoms with E-state index in [4.69, 9.17) is 16.3 Å². The van der Waals surface area contributed by atoms with Gasteiger partial charge in [0, 0.05) is 0 Å². The molecule has 7 heteroatoms. The first-order valence-corrected chi connectivity index (χ1v) is 7.88. The highest BCUT2D eigenvalue weighted by molar-refractivity contribution is 6.34. The molecule has 1 aromatic rings.